The molecule has 1 heterocycles. The van der Waals surface area contributed by atoms with Gasteiger partial charge in [-0.25, -0.2) is 4.98 Å². The molecule has 1 aromatic heterocycles. The lowest BCUT2D eigenvalue weighted by Crippen LogP contribution is -2.45. The molecule has 0 radical (unpaired) electrons. The van der Waals surface area contributed by atoms with E-state index in [0.29, 0.717) is 0 Å². The normalized spacial score (nSPS) is 13.4. The molecule has 2 aromatic rings. The minimum Gasteiger partial charge on any atom is -0.325 e. The van der Waals surface area contributed by atoms with Gasteiger partial charge in [0.2, 0.25) is 5.91 Å². The molecule has 108 valence electrons. The molecule has 1 atom stereocenters. The molecular formula is C14H19N3OS2. The van der Waals surface area contributed by atoms with E-state index in [9.17, 15) is 4.79 Å². The fourth-order valence-corrected chi connectivity index (χ4v) is 3.21. The van der Waals surface area contributed by atoms with Crippen molar-refractivity contribution in [1.82, 2.24) is 4.98 Å². The van der Waals surface area contributed by atoms with Gasteiger partial charge in [-0.1, -0.05) is 32.5 Å². The number of benzene rings is 1. The van der Waals surface area contributed by atoms with Crippen LogP contribution in [0.2, 0.25) is 0 Å². The van der Waals surface area contributed by atoms with Crippen LogP contribution in [0.3, 0.4) is 0 Å². The average Bonchev–Trinajstić information content (AvgIpc) is 2.78. The third-order valence-corrected chi connectivity index (χ3v) is 5.03. The summed E-state index contributed by atoms with van der Waals surface area (Å²) in [6.45, 7) is 5.86. The topological polar surface area (TPSA) is 68.0 Å². The van der Waals surface area contributed by atoms with Crippen LogP contribution in [0, 0.1) is 5.41 Å². The fourth-order valence-electron chi connectivity index (χ4n) is 1.68. The second-order valence-electron chi connectivity index (χ2n) is 5.70. The van der Waals surface area contributed by atoms with Crippen molar-refractivity contribution in [3.8, 4) is 0 Å². The average molecular weight is 309 g/mol. The Morgan fingerprint density at radius 1 is 1.45 bits per heavy atom. The molecule has 2 rings (SSSR count). The Morgan fingerprint density at radius 2 is 2.15 bits per heavy atom. The summed E-state index contributed by atoms with van der Waals surface area (Å²) in [6.07, 6.45) is 2.00. The monoisotopic (exact) mass is 309 g/mol. The summed E-state index contributed by atoms with van der Waals surface area (Å²) in [5.41, 5.74) is 7.41. The highest BCUT2D eigenvalue weighted by molar-refractivity contribution is 8.00. The summed E-state index contributed by atoms with van der Waals surface area (Å²) >= 11 is 3.24. The first-order valence-corrected chi connectivity index (χ1v) is 8.36. The lowest BCUT2D eigenvalue weighted by molar-refractivity contribution is -0.119. The molecule has 0 saturated heterocycles. The van der Waals surface area contributed by atoms with E-state index in [1.807, 2.05) is 45.2 Å². The zero-order chi connectivity index (χ0) is 14.9. The van der Waals surface area contributed by atoms with Crippen LogP contribution in [0.5, 0.6) is 0 Å². The van der Waals surface area contributed by atoms with Crippen molar-refractivity contribution >= 4 is 44.9 Å². The number of nitrogens with two attached hydrogens (primary N) is 1. The SMILES string of the molecule is CSc1nc2ccc(NC(=O)C(N)C(C)(C)C)cc2s1. The van der Waals surface area contributed by atoms with E-state index in [0.717, 1.165) is 20.2 Å². The second kappa shape index (κ2) is 5.71. The van der Waals surface area contributed by atoms with Gasteiger partial charge in [0.1, 0.15) is 0 Å². The van der Waals surface area contributed by atoms with E-state index in [-0.39, 0.29) is 11.3 Å². The number of hydrogen-bond acceptors (Lipinski definition) is 5. The minimum atomic E-state index is -0.540. The van der Waals surface area contributed by atoms with E-state index >= 15 is 0 Å². The quantitative estimate of drug-likeness (QED) is 0.853. The first-order valence-electron chi connectivity index (χ1n) is 6.32. The van der Waals surface area contributed by atoms with Crippen molar-refractivity contribution in [3.05, 3.63) is 18.2 Å². The number of hydrogen-bond donors (Lipinski definition) is 2. The van der Waals surface area contributed by atoms with Gasteiger partial charge in [0.15, 0.2) is 4.34 Å². The van der Waals surface area contributed by atoms with Gasteiger partial charge in [0, 0.05) is 5.69 Å². The highest BCUT2D eigenvalue weighted by atomic mass is 32.2. The Hall–Kier alpha value is -1.11. The van der Waals surface area contributed by atoms with Crippen molar-refractivity contribution in [1.29, 1.82) is 0 Å². The van der Waals surface area contributed by atoms with E-state index in [1.165, 1.54) is 0 Å². The van der Waals surface area contributed by atoms with Crippen LogP contribution in [-0.2, 0) is 4.79 Å². The smallest absolute Gasteiger partial charge is 0.241 e. The lowest BCUT2D eigenvalue weighted by Gasteiger charge is -2.25. The number of fused-ring (bicyclic) bond motifs is 1. The first-order chi connectivity index (χ1) is 9.31. The molecule has 3 N–H and O–H groups in total. The van der Waals surface area contributed by atoms with Gasteiger partial charge in [-0.15, -0.1) is 11.3 Å². The molecule has 20 heavy (non-hydrogen) atoms. The van der Waals surface area contributed by atoms with Crippen LogP contribution in [0.15, 0.2) is 22.5 Å². The van der Waals surface area contributed by atoms with Gasteiger partial charge in [-0.3, -0.25) is 4.79 Å². The Bertz CT molecular complexity index is 631. The molecule has 0 aliphatic carbocycles. The summed E-state index contributed by atoms with van der Waals surface area (Å²) in [5, 5.41) is 2.88. The third kappa shape index (κ3) is 3.31. The Morgan fingerprint density at radius 3 is 2.75 bits per heavy atom. The Kier molecular flexibility index (Phi) is 4.36. The number of thioether (sulfide) groups is 1. The molecule has 1 amide bonds. The summed E-state index contributed by atoms with van der Waals surface area (Å²) in [6, 6.07) is 5.19. The number of nitrogens with zero attached hydrogens (tertiary/aromatic N) is 1. The molecule has 0 bridgehead atoms. The molecule has 0 saturated carbocycles. The van der Waals surface area contributed by atoms with Gasteiger partial charge < -0.3 is 11.1 Å². The molecule has 1 unspecified atom stereocenters. The van der Waals surface area contributed by atoms with Crippen molar-refractivity contribution in [2.45, 2.75) is 31.2 Å². The number of nitrogens with one attached hydrogen (secondary N) is 1. The summed E-state index contributed by atoms with van der Waals surface area (Å²) in [5.74, 6) is -0.161. The predicted octanol–water partition coefficient (Wildman–Crippen LogP) is 3.33. The van der Waals surface area contributed by atoms with E-state index < -0.39 is 6.04 Å². The van der Waals surface area contributed by atoms with Crippen molar-refractivity contribution in [2.75, 3.05) is 11.6 Å². The van der Waals surface area contributed by atoms with E-state index in [1.54, 1.807) is 23.1 Å². The molecule has 6 heteroatoms. The predicted molar refractivity (Wildman–Crippen MR) is 87.5 cm³/mol. The van der Waals surface area contributed by atoms with Crippen LogP contribution in [0.4, 0.5) is 5.69 Å². The number of carbonyl (C=O) groups excluding carboxylic acids is 1. The van der Waals surface area contributed by atoms with Crippen LogP contribution in [0.1, 0.15) is 20.8 Å². The summed E-state index contributed by atoms with van der Waals surface area (Å²) in [4.78, 5) is 16.6. The van der Waals surface area contributed by atoms with Crippen LogP contribution in [-0.4, -0.2) is 23.2 Å². The number of anilines is 1. The standard InChI is InChI=1S/C14H19N3OS2/c1-14(2,3)11(15)12(18)16-8-5-6-9-10(7-8)20-13(17-9)19-4/h5-7,11H,15H2,1-4H3,(H,16,18). The number of amides is 1. The molecular weight excluding hydrogens is 290 g/mol. The summed E-state index contributed by atoms with van der Waals surface area (Å²) in [7, 11) is 0. The highest BCUT2D eigenvalue weighted by Gasteiger charge is 2.27. The number of aromatic nitrogens is 1. The van der Waals surface area contributed by atoms with Gasteiger partial charge in [0.05, 0.1) is 16.3 Å². The van der Waals surface area contributed by atoms with Crippen molar-refractivity contribution in [3.63, 3.8) is 0 Å². The van der Waals surface area contributed by atoms with Crippen molar-refractivity contribution in [2.24, 2.45) is 11.1 Å². The maximum Gasteiger partial charge on any atom is 0.241 e. The molecule has 4 nitrogen and oxygen atoms in total. The fraction of sp³-hybridized carbons (Fsp3) is 0.429. The zero-order valence-corrected chi connectivity index (χ0v) is 13.7. The number of thiazole rings is 1. The maximum absolute atomic E-state index is 12.1. The number of rotatable bonds is 3. The Balaban J connectivity index is 2.19. The third-order valence-electron chi connectivity index (χ3n) is 3.03. The zero-order valence-electron chi connectivity index (χ0n) is 12.1. The lowest BCUT2D eigenvalue weighted by atomic mass is 9.87. The van der Waals surface area contributed by atoms with Crippen molar-refractivity contribution < 1.29 is 4.79 Å². The molecule has 1 aromatic carbocycles. The Labute approximate surface area is 127 Å². The first kappa shape index (κ1) is 15.3. The minimum absolute atomic E-state index is 0.161. The van der Waals surface area contributed by atoms with Gasteiger partial charge in [0.25, 0.3) is 0 Å². The van der Waals surface area contributed by atoms with Gasteiger partial charge >= 0.3 is 0 Å². The summed E-state index contributed by atoms with van der Waals surface area (Å²) < 4.78 is 2.09. The van der Waals surface area contributed by atoms with E-state index in [2.05, 4.69) is 10.3 Å². The molecule has 0 spiro atoms. The molecule has 0 fully saturated rings. The van der Waals surface area contributed by atoms with Crippen LogP contribution in [0.25, 0.3) is 10.2 Å². The van der Waals surface area contributed by atoms with Crippen LogP contribution < -0.4 is 11.1 Å². The van der Waals surface area contributed by atoms with Gasteiger partial charge in [-0.05, 0) is 29.9 Å². The number of carbonyl (C=O) groups is 1. The van der Waals surface area contributed by atoms with Crippen LogP contribution >= 0.6 is 23.1 Å². The second-order valence-corrected chi connectivity index (χ2v) is 7.78. The molecule has 0 aliphatic rings. The van der Waals surface area contributed by atoms with Gasteiger partial charge in [-0.2, -0.15) is 0 Å². The highest BCUT2D eigenvalue weighted by Crippen LogP contribution is 2.30. The van der Waals surface area contributed by atoms with E-state index in [4.69, 9.17) is 5.73 Å². The maximum atomic E-state index is 12.1. The largest absolute Gasteiger partial charge is 0.325 e. The molecule has 0 aliphatic heterocycles.